The minimum absolute atomic E-state index is 0.129. The van der Waals surface area contributed by atoms with Gasteiger partial charge in [-0.3, -0.25) is 0 Å². The van der Waals surface area contributed by atoms with Crippen LogP contribution in [0.2, 0.25) is 0 Å². The Hall–Kier alpha value is -0.150. The van der Waals surface area contributed by atoms with Crippen molar-refractivity contribution in [3.8, 4) is 0 Å². The number of halogens is 1. The van der Waals surface area contributed by atoms with Crippen LogP contribution in [0.15, 0.2) is 28.0 Å². The molecular formula is C8H9FS2. The Morgan fingerprint density at radius 2 is 1.91 bits per heavy atom. The van der Waals surface area contributed by atoms with Gasteiger partial charge in [-0.2, -0.15) is 0 Å². The Morgan fingerprint density at radius 1 is 1.18 bits per heavy atom. The SMILES string of the molecule is CSc1ccc(F)c(SC)c1. The third-order valence-corrected chi connectivity index (χ3v) is 2.84. The topological polar surface area (TPSA) is 0 Å². The summed E-state index contributed by atoms with van der Waals surface area (Å²) in [4.78, 5) is 1.83. The van der Waals surface area contributed by atoms with E-state index in [1.54, 1.807) is 17.8 Å². The van der Waals surface area contributed by atoms with Crippen LogP contribution in [0.4, 0.5) is 4.39 Å². The van der Waals surface area contributed by atoms with Crippen molar-refractivity contribution in [1.82, 2.24) is 0 Å². The van der Waals surface area contributed by atoms with E-state index in [1.165, 1.54) is 17.8 Å². The third kappa shape index (κ3) is 2.14. The molecule has 0 amide bonds. The number of benzene rings is 1. The first-order valence-corrected chi connectivity index (χ1v) is 5.60. The third-order valence-electron chi connectivity index (χ3n) is 1.36. The lowest BCUT2D eigenvalue weighted by molar-refractivity contribution is 0.600. The first-order chi connectivity index (χ1) is 5.27. The van der Waals surface area contributed by atoms with E-state index in [1.807, 2.05) is 18.6 Å². The van der Waals surface area contributed by atoms with Gasteiger partial charge in [0.25, 0.3) is 0 Å². The molecule has 0 aliphatic rings. The van der Waals surface area contributed by atoms with Crippen molar-refractivity contribution >= 4 is 23.5 Å². The predicted molar refractivity (Wildman–Crippen MR) is 50.0 cm³/mol. The molecule has 0 unspecified atom stereocenters. The zero-order valence-electron chi connectivity index (χ0n) is 6.43. The molecule has 0 heterocycles. The summed E-state index contributed by atoms with van der Waals surface area (Å²) in [6.45, 7) is 0. The first-order valence-electron chi connectivity index (χ1n) is 3.15. The van der Waals surface area contributed by atoms with Crippen molar-refractivity contribution in [3.05, 3.63) is 24.0 Å². The highest BCUT2D eigenvalue weighted by molar-refractivity contribution is 7.99. The van der Waals surface area contributed by atoms with Crippen LogP contribution in [0.1, 0.15) is 0 Å². The minimum atomic E-state index is -0.129. The second kappa shape index (κ2) is 4.02. The molecule has 0 spiro atoms. The molecule has 0 N–H and O–H groups in total. The zero-order valence-corrected chi connectivity index (χ0v) is 8.06. The van der Waals surface area contributed by atoms with E-state index in [9.17, 15) is 4.39 Å². The first kappa shape index (κ1) is 8.94. The molecule has 1 rings (SSSR count). The highest BCUT2D eigenvalue weighted by Gasteiger charge is 2.00. The Morgan fingerprint density at radius 3 is 2.45 bits per heavy atom. The second-order valence-electron chi connectivity index (χ2n) is 2.00. The highest BCUT2D eigenvalue weighted by atomic mass is 32.2. The van der Waals surface area contributed by atoms with E-state index in [-0.39, 0.29) is 5.82 Å². The lowest BCUT2D eigenvalue weighted by Gasteiger charge is -2.00. The van der Waals surface area contributed by atoms with Crippen LogP contribution >= 0.6 is 23.5 Å². The van der Waals surface area contributed by atoms with Crippen molar-refractivity contribution in [2.45, 2.75) is 9.79 Å². The molecule has 1 aromatic rings. The van der Waals surface area contributed by atoms with Crippen molar-refractivity contribution in [2.75, 3.05) is 12.5 Å². The van der Waals surface area contributed by atoms with Crippen LogP contribution in [0.5, 0.6) is 0 Å². The van der Waals surface area contributed by atoms with E-state index in [2.05, 4.69) is 0 Å². The number of hydrogen-bond donors (Lipinski definition) is 0. The van der Waals surface area contributed by atoms with E-state index in [4.69, 9.17) is 0 Å². The van der Waals surface area contributed by atoms with Crippen molar-refractivity contribution < 1.29 is 4.39 Å². The normalized spacial score (nSPS) is 10.1. The van der Waals surface area contributed by atoms with Gasteiger partial charge in [0.2, 0.25) is 0 Å². The van der Waals surface area contributed by atoms with Crippen LogP contribution in [-0.2, 0) is 0 Å². The van der Waals surface area contributed by atoms with Crippen LogP contribution < -0.4 is 0 Å². The van der Waals surface area contributed by atoms with Gasteiger partial charge in [-0.1, -0.05) is 0 Å². The summed E-state index contributed by atoms with van der Waals surface area (Å²) in [5.74, 6) is -0.129. The maximum atomic E-state index is 12.9. The Balaban J connectivity index is 3.02. The van der Waals surface area contributed by atoms with Crippen LogP contribution in [0.25, 0.3) is 0 Å². The maximum Gasteiger partial charge on any atom is 0.136 e. The van der Waals surface area contributed by atoms with E-state index < -0.39 is 0 Å². The summed E-state index contributed by atoms with van der Waals surface area (Å²) in [5, 5.41) is 0. The largest absolute Gasteiger partial charge is 0.206 e. The smallest absolute Gasteiger partial charge is 0.136 e. The molecule has 11 heavy (non-hydrogen) atoms. The summed E-state index contributed by atoms with van der Waals surface area (Å²) in [5.41, 5.74) is 0. The molecule has 0 saturated carbocycles. The van der Waals surface area contributed by atoms with Crippen LogP contribution in [-0.4, -0.2) is 12.5 Å². The standard InChI is InChI=1S/C8H9FS2/c1-10-6-3-4-7(9)8(5-6)11-2/h3-5H,1-2H3. The molecule has 0 fully saturated rings. The summed E-state index contributed by atoms with van der Waals surface area (Å²) in [7, 11) is 0. The summed E-state index contributed by atoms with van der Waals surface area (Å²) in [6, 6.07) is 5.17. The highest BCUT2D eigenvalue weighted by Crippen LogP contribution is 2.24. The average molecular weight is 188 g/mol. The minimum Gasteiger partial charge on any atom is -0.206 e. The molecule has 0 aliphatic carbocycles. The summed E-state index contributed by atoms with van der Waals surface area (Å²) in [6.07, 6.45) is 3.86. The Labute approximate surface area is 74.6 Å². The summed E-state index contributed by atoms with van der Waals surface area (Å²) >= 11 is 3.06. The summed E-state index contributed by atoms with van der Waals surface area (Å²) < 4.78 is 12.9. The van der Waals surface area contributed by atoms with Gasteiger partial charge in [-0.15, -0.1) is 23.5 Å². The molecule has 0 aromatic heterocycles. The monoisotopic (exact) mass is 188 g/mol. The van der Waals surface area contributed by atoms with Crippen molar-refractivity contribution in [2.24, 2.45) is 0 Å². The molecule has 0 nitrogen and oxygen atoms in total. The van der Waals surface area contributed by atoms with Gasteiger partial charge in [-0.05, 0) is 30.7 Å². The molecule has 0 atom stereocenters. The van der Waals surface area contributed by atoms with Gasteiger partial charge in [-0.25, -0.2) is 4.39 Å². The van der Waals surface area contributed by atoms with Gasteiger partial charge < -0.3 is 0 Å². The number of rotatable bonds is 2. The van der Waals surface area contributed by atoms with Crippen molar-refractivity contribution in [1.29, 1.82) is 0 Å². The van der Waals surface area contributed by atoms with Gasteiger partial charge >= 0.3 is 0 Å². The van der Waals surface area contributed by atoms with E-state index >= 15 is 0 Å². The quantitative estimate of drug-likeness (QED) is 0.653. The Bertz CT molecular complexity index is 248. The fraction of sp³-hybridized carbons (Fsp3) is 0.250. The molecule has 3 heteroatoms. The lowest BCUT2D eigenvalue weighted by Crippen LogP contribution is -1.79. The van der Waals surface area contributed by atoms with Gasteiger partial charge in [0.15, 0.2) is 0 Å². The fourth-order valence-corrected chi connectivity index (χ4v) is 1.79. The molecule has 60 valence electrons. The fourth-order valence-electron chi connectivity index (χ4n) is 0.767. The number of hydrogen-bond acceptors (Lipinski definition) is 2. The molecule has 0 aliphatic heterocycles. The molecular weight excluding hydrogens is 179 g/mol. The number of thioether (sulfide) groups is 2. The van der Waals surface area contributed by atoms with Crippen LogP contribution in [0, 0.1) is 5.82 Å². The van der Waals surface area contributed by atoms with Crippen LogP contribution in [0.3, 0.4) is 0 Å². The predicted octanol–water partition coefficient (Wildman–Crippen LogP) is 3.27. The average Bonchev–Trinajstić information content (AvgIpc) is 2.05. The second-order valence-corrected chi connectivity index (χ2v) is 3.73. The molecule has 0 saturated heterocycles. The van der Waals surface area contributed by atoms with Gasteiger partial charge in [0.05, 0.1) is 0 Å². The Kier molecular flexibility index (Phi) is 3.27. The van der Waals surface area contributed by atoms with Gasteiger partial charge in [0.1, 0.15) is 5.82 Å². The molecule has 1 aromatic carbocycles. The molecule has 0 radical (unpaired) electrons. The van der Waals surface area contributed by atoms with E-state index in [0.29, 0.717) is 0 Å². The lowest BCUT2D eigenvalue weighted by atomic mass is 10.3. The van der Waals surface area contributed by atoms with E-state index in [0.717, 1.165) is 9.79 Å². The zero-order chi connectivity index (χ0) is 8.27. The molecule has 0 bridgehead atoms. The van der Waals surface area contributed by atoms with Gasteiger partial charge in [0, 0.05) is 9.79 Å². The maximum absolute atomic E-state index is 12.9. The van der Waals surface area contributed by atoms with Crippen molar-refractivity contribution in [3.63, 3.8) is 0 Å².